The molecule has 0 aliphatic carbocycles. The third-order valence-corrected chi connectivity index (χ3v) is 3.13. The van der Waals surface area contributed by atoms with Gasteiger partial charge in [0.2, 0.25) is 0 Å². The van der Waals surface area contributed by atoms with Gasteiger partial charge >= 0.3 is 5.69 Å². The van der Waals surface area contributed by atoms with Gasteiger partial charge < -0.3 is 10.1 Å². The van der Waals surface area contributed by atoms with E-state index in [1.54, 1.807) is 31.4 Å². The molecule has 1 aromatic heterocycles. The van der Waals surface area contributed by atoms with Crippen molar-refractivity contribution in [3.8, 4) is 11.8 Å². The third-order valence-electron chi connectivity index (χ3n) is 3.13. The fraction of sp³-hybridized carbons (Fsp3) is 0.214. The highest BCUT2D eigenvalue weighted by Gasteiger charge is 2.15. The molecule has 0 amide bonds. The number of nitrogens with one attached hydrogen (secondary N) is 1. The molecule has 0 fully saturated rings. The van der Waals surface area contributed by atoms with Crippen LogP contribution < -0.4 is 21.3 Å². The Morgan fingerprint density at radius 2 is 1.76 bits per heavy atom. The first kappa shape index (κ1) is 14.4. The number of nitriles is 1. The molecule has 0 saturated carbocycles. The Labute approximate surface area is 120 Å². The summed E-state index contributed by atoms with van der Waals surface area (Å²) < 4.78 is 7.18. The van der Waals surface area contributed by atoms with Crippen molar-refractivity contribution in [2.45, 2.75) is 0 Å². The lowest BCUT2D eigenvalue weighted by Gasteiger charge is -2.13. The van der Waals surface area contributed by atoms with Crippen molar-refractivity contribution in [1.82, 2.24) is 9.13 Å². The van der Waals surface area contributed by atoms with Gasteiger partial charge in [0, 0.05) is 19.8 Å². The van der Waals surface area contributed by atoms with Gasteiger partial charge in [0.1, 0.15) is 17.6 Å². The van der Waals surface area contributed by atoms with E-state index in [1.807, 2.05) is 6.07 Å². The van der Waals surface area contributed by atoms with E-state index in [1.165, 1.54) is 18.7 Å². The van der Waals surface area contributed by atoms with Crippen molar-refractivity contribution < 1.29 is 4.74 Å². The zero-order valence-corrected chi connectivity index (χ0v) is 11.9. The number of benzene rings is 1. The topological polar surface area (TPSA) is 89.1 Å². The van der Waals surface area contributed by atoms with Crippen molar-refractivity contribution in [3.05, 3.63) is 50.7 Å². The van der Waals surface area contributed by atoms with E-state index in [0.29, 0.717) is 11.4 Å². The molecule has 0 aliphatic rings. The lowest BCUT2D eigenvalue weighted by Crippen LogP contribution is -2.39. The molecule has 0 spiro atoms. The van der Waals surface area contributed by atoms with Crippen LogP contribution in [0.1, 0.15) is 5.56 Å². The zero-order chi connectivity index (χ0) is 15.6. The Morgan fingerprint density at radius 1 is 1.14 bits per heavy atom. The van der Waals surface area contributed by atoms with Gasteiger partial charge in [0.05, 0.1) is 7.11 Å². The molecule has 1 N–H and O–H groups in total. The van der Waals surface area contributed by atoms with Crippen molar-refractivity contribution in [3.63, 3.8) is 0 Å². The van der Waals surface area contributed by atoms with Gasteiger partial charge in [-0.3, -0.25) is 13.9 Å². The van der Waals surface area contributed by atoms with Crippen LogP contribution in [0.5, 0.6) is 5.75 Å². The van der Waals surface area contributed by atoms with Crippen LogP contribution in [0, 0.1) is 11.3 Å². The predicted octanol–water partition coefficient (Wildman–Crippen LogP) is 0.708. The molecule has 0 aliphatic heterocycles. The molecular weight excluding hydrogens is 272 g/mol. The van der Waals surface area contributed by atoms with Gasteiger partial charge in [0.15, 0.2) is 5.56 Å². The van der Waals surface area contributed by atoms with Gasteiger partial charge in [-0.15, -0.1) is 0 Å². The standard InChI is InChI=1S/C14H14N4O3/c1-17-12(11(8-15)13(19)18(2)14(17)20)16-9-4-6-10(21-3)7-5-9/h4-7,16H,1-3H3. The highest BCUT2D eigenvalue weighted by Crippen LogP contribution is 2.19. The van der Waals surface area contributed by atoms with Crippen molar-refractivity contribution in [2.24, 2.45) is 14.1 Å². The van der Waals surface area contributed by atoms with Gasteiger partial charge in [0.25, 0.3) is 5.56 Å². The first-order valence-electron chi connectivity index (χ1n) is 6.10. The summed E-state index contributed by atoms with van der Waals surface area (Å²) in [6.45, 7) is 0. The fourth-order valence-corrected chi connectivity index (χ4v) is 1.90. The van der Waals surface area contributed by atoms with Crippen LogP contribution in [-0.4, -0.2) is 16.2 Å². The van der Waals surface area contributed by atoms with Crippen LogP contribution in [0.3, 0.4) is 0 Å². The minimum Gasteiger partial charge on any atom is -0.497 e. The SMILES string of the molecule is COc1ccc(Nc2c(C#N)c(=O)n(C)c(=O)n2C)cc1. The van der Waals surface area contributed by atoms with Crippen LogP contribution in [0.2, 0.25) is 0 Å². The number of ether oxygens (including phenoxy) is 1. The van der Waals surface area contributed by atoms with Crippen molar-refractivity contribution in [2.75, 3.05) is 12.4 Å². The molecular formula is C14H14N4O3. The van der Waals surface area contributed by atoms with E-state index in [2.05, 4.69) is 5.32 Å². The highest BCUT2D eigenvalue weighted by molar-refractivity contribution is 5.63. The smallest absolute Gasteiger partial charge is 0.332 e. The van der Waals surface area contributed by atoms with E-state index in [9.17, 15) is 9.59 Å². The molecule has 0 saturated heterocycles. The van der Waals surface area contributed by atoms with Crippen LogP contribution in [0.25, 0.3) is 0 Å². The second-order valence-electron chi connectivity index (χ2n) is 4.39. The van der Waals surface area contributed by atoms with Crippen molar-refractivity contribution in [1.29, 1.82) is 5.26 Å². The van der Waals surface area contributed by atoms with Gasteiger partial charge in [-0.25, -0.2) is 4.79 Å². The average Bonchev–Trinajstić information content (AvgIpc) is 2.51. The van der Waals surface area contributed by atoms with Gasteiger partial charge in [-0.1, -0.05) is 0 Å². The largest absolute Gasteiger partial charge is 0.497 e. The molecule has 7 nitrogen and oxygen atoms in total. The van der Waals surface area contributed by atoms with Crippen LogP contribution in [0.15, 0.2) is 33.9 Å². The monoisotopic (exact) mass is 286 g/mol. The summed E-state index contributed by atoms with van der Waals surface area (Å²) in [7, 11) is 4.39. The molecule has 7 heteroatoms. The molecule has 0 unspecified atom stereocenters. The Hall–Kier alpha value is -3.01. The zero-order valence-electron chi connectivity index (χ0n) is 11.9. The normalized spacial score (nSPS) is 10.0. The Balaban J connectivity index is 2.56. The van der Waals surface area contributed by atoms with Gasteiger partial charge in [-0.2, -0.15) is 5.26 Å². The average molecular weight is 286 g/mol. The van der Waals surface area contributed by atoms with E-state index >= 15 is 0 Å². The second kappa shape index (κ2) is 5.54. The highest BCUT2D eigenvalue weighted by atomic mass is 16.5. The van der Waals surface area contributed by atoms with E-state index in [0.717, 1.165) is 4.57 Å². The summed E-state index contributed by atoms with van der Waals surface area (Å²) in [6, 6.07) is 8.74. The summed E-state index contributed by atoms with van der Waals surface area (Å²) in [5, 5.41) is 12.1. The lowest BCUT2D eigenvalue weighted by molar-refractivity contribution is 0.415. The number of methoxy groups -OCH3 is 1. The van der Waals surface area contributed by atoms with E-state index in [-0.39, 0.29) is 11.4 Å². The number of rotatable bonds is 3. The Bertz CT molecular complexity index is 826. The molecule has 0 radical (unpaired) electrons. The first-order chi connectivity index (χ1) is 9.99. The Kier molecular flexibility index (Phi) is 3.80. The summed E-state index contributed by atoms with van der Waals surface area (Å²) >= 11 is 0. The second-order valence-corrected chi connectivity index (χ2v) is 4.39. The van der Waals surface area contributed by atoms with E-state index < -0.39 is 11.2 Å². The third kappa shape index (κ3) is 2.51. The quantitative estimate of drug-likeness (QED) is 0.897. The number of nitrogens with zero attached hydrogens (tertiary/aromatic N) is 3. The maximum absolute atomic E-state index is 12.0. The molecule has 1 heterocycles. The van der Waals surface area contributed by atoms with Crippen LogP contribution in [-0.2, 0) is 14.1 Å². The Morgan fingerprint density at radius 3 is 2.29 bits per heavy atom. The molecule has 0 bridgehead atoms. The number of anilines is 2. The summed E-state index contributed by atoms with van der Waals surface area (Å²) in [5.74, 6) is 0.842. The summed E-state index contributed by atoms with van der Waals surface area (Å²) in [5.41, 5.74) is -0.613. The first-order valence-corrected chi connectivity index (χ1v) is 6.10. The number of hydrogen-bond donors (Lipinski definition) is 1. The predicted molar refractivity (Wildman–Crippen MR) is 77.9 cm³/mol. The maximum Gasteiger partial charge on any atom is 0.332 e. The maximum atomic E-state index is 12.0. The molecule has 1 aromatic carbocycles. The minimum atomic E-state index is -0.628. The van der Waals surface area contributed by atoms with Gasteiger partial charge in [-0.05, 0) is 24.3 Å². The minimum absolute atomic E-state index is 0.115. The number of aromatic nitrogens is 2. The fourth-order valence-electron chi connectivity index (χ4n) is 1.90. The van der Waals surface area contributed by atoms with Crippen LogP contribution in [0.4, 0.5) is 11.5 Å². The van der Waals surface area contributed by atoms with E-state index in [4.69, 9.17) is 10.00 Å². The molecule has 21 heavy (non-hydrogen) atoms. The molecule has 108 valence electrons. The number of hydrogen-bond acceptors (Lipinski definition) is 5. The molecule has 0 atom stereocenters. The summed E-state index contributed by atoms with van der Waals surface area (Å²) in [6.07, 6.45) is 0. The molecule has 2 aromatic rings. The summed E-state index contributed by atoms with van der Waals surface area (Å²) in [4.78, 5) is 23.9. The lowest BCUT2D eigenvalue weighted by atomic mass is 10.2. The molecule has 2 rings (SSSR count). The van der Waals surface area contributed by atoms with Crippen molar-refractivity contribution >= 4 is 11.5 Å². The van der Waals surface area contributed by atoms with Crippen LogP contribution >= 0.6 is 0 Å².